The van der Waals surface area contributed by atoms with Gasteiger partial charge in [-0.2, -0.15) is 13.2 Å². The normalized spacial score (nSPS) is 13.6. The van der Waals surface area contributed by atoms with E-state index >= 15 is 0 Å². The lowest BCUT2D eigenvalue weighted by molar-refractivity contribution is -0.174. The molecule has 0 heterocycles. The molecule has 19 heavy (non-hydrogen) atoms. The number of benzene rings is 1. The van der Waals surface area contributed by atoms with Gasteiger partial charge in [0.15, 0.2) is 0 Å². The fourth-order valence-electron chi connectivity index (χ4n) is 1.40. The molecule has 108 valence electrons. The summed E-state index contributed by atoms with van der Waals surface area (Å²) in [6.07, 6.45) is -4.71. The average Bonchev–Trinajstić information content (AvgIpc) is 2.28. The molecule has 2 N–H and O–H groups in total. The molecule has 0 aliphatic rings. The van der Waals surface area contributed by atoms with Gasteiger partial charge in [0, 0.05) is 11.6 Å². The zero-order valence-electron chi connectivity index (χ0n) is 9.61. The maximum atomic E-state index is 13.6. The zero-order chi connectivity index (χ0) is 14.6. The van der Waals surface area contributed by atoms with E-state index in [2.05, 4.69) is 20.7 Å². The Labute approximate surface area is 114 Å². The molecule has 1 unspecified atom stereocenters. The summed E-state index contributed by atoms with van der Waals surface area (Å²) in [5, 5.41) is 0. The van der Waals surface area contributed by atoms with Crippen molar-refractivity contribution in [2.24, 2.45) is 5.73 Å². The third kappa shape index (κ3) is 5.42. The zero-order valence-corrected chi connectivity index (χ0v) is 11.2. The molecule has 1 aromatic rings. The quantitative estimate of drug-likeness (QED) is 0.655. The number of halogens is 6. The highest BCUT2D eigenvalue weighted by molar-refractivity contribution is 9.10. The first-order chi connectivity index (χ1) is 8.70. The second-order valence-corrected chi connectivity index (χ2v) is 4.77. The highest BCUT2D eigenvalue weighted by atomic mass is 79.9. The van der Waals surface area contributed by atoms with Crippen LogP contribution in [0.1, 0.15) is 5.56 Å². The molecule has 1 rings (SSSR count). The number of rotatable bonds is 5. The van der Waals surface area contributed by atoms with E-state index in [4.69, 9.17) is 5.73 Å². The minimum Gasteiger partial charge on any atom is -0.370 e. The second-order valence-electron chi connectivity index (χ2n) is 3.92. The summed E-state index contributed by atoms with van der Waals surface area (Å²) in [6, 6.07) is 1.31. The summed E-state index contributed by atoms with van der Waals surface area (Å²) < 4.78 is 66.8. The Balaban J connectivity index is 2.58. The predicted octanol–water partition coefficient (Wildman–Crippen LogP) is 3.18. The van der Waals surface area contributed by atoms with Crippen molar-refractivity contribution in [3.05, 3.63) is 33.8 Å². The SMILES string of the molecule is NC(COCC(F)(F)F)Cc1c(F)ccc(Br)c1F. The van der Waals surface area contributed by atoms with E-state index in [0.717, 1.165) is 6.07 Å². The maximum Gasteiger partial charge on any atom is 0.411 e. The number of alkyl halides is 3. The van der Waals surface area contributed by atoms with Gasteiger partial charge < -0.3 is 10.5 Å². The topological polar surface area (TPSA) is 35.2 Å². The molecule has 0 amide bonds. The van der Waals surface area contributed by atoms with E-state index in [-0.39, 0.29) is 16.5 Å². The monoisotopic (exact) mass is 347 g/mol. The molecule has 0 aliphatic heterocycles. The largest absolute Gasteiger partial charge is 0.411 e. The maximum absolute atomic E-state index is 13.6. The molecule has 0 saturated carbocycles. The number of ether oxygens (including phenoxy) is 1. The van der Waals surface area contributed by atoms with Gasteiger partial charge in [-0.15, -0.1) is 0 Å². The molecule has 0 fully saturated rings. The van der Waals surface area contributed by atoms with Gasteiger partial charge in [-0.25, -0.2) is 8.78 Å². The minimum absolute atomic E-state index is 0.0623. The third-order valence-corrected chi connectivity index (χ3v) is 2.82. The van der Waals surface area contributed by atoms with E-state index < -0.39 is 37.1 Å². The van der Waals surface area contributed by atoms with Crippen LogP contribution in [0.25, 0.3) is 0 Å². The number of hydrogen-bond acceptors (Lipinski definition) is 2. The summed E-state index contributed by atoms with van der Waals surface area (Å²) >= 11 is 2.89. The minimum atomic E-state index is -4.45. The van der Waals surface area contributed by atoms with Crippen molar-refractivity contribution >= 4 is 15.9 Å². The van der Waals surface area contributed by atoms with E-state index in [0.29, 0.717) is 0 Å². The standard InChI is InChI=1S/C11H11BrF5NO/c12-8-1-2-9(13)7(10(8)14)3-6(18)4-19-5-11(15,16)17/h1-2,6H,3-5,18H2. The highest BCUT2D eigenvalue weighted by Gasteiger charge is 2.27. The Morgan fingerprint density at radius 1 is 1.26 bits per heavy atom. The van der Waals surface area contributed by atoms with Crippen LogP contribution in [0.15, 0.2) is 16.6 Å². The Bertz CT molecular complexity index is 438. The fourth-order valence-corrected chi connectivity index (χ4v) is 1.77. The summed E-state index contributed by atoms with van der Waals surface area (Å²) in [5.41, 5.74) is 5.20. The van der Waals surface area contributed by atoms with Crippen LogP contribution in [0.4, 0.5) is 22.0 Å². The molecule has 2 nitrogen and oxygen atoms in total. The molecule has 1 atom stereocenters. The van der Waals surface area contributed by atoms with Crippen molar-refractivity contribution in [3.8, 4) is 0 Å². The molecule has 1 aromatic carbocycles. The predicted molar refractivity (Wildman–Crippen MR) is 62.6 cm³/mol. The van der Waals surface area contributed by atoms with Crippen LogP contribution in [0.2, 0.25) is 0 Å². The van der Waals surface area contributed by atoms with Crippen LogP contribution >= 0.6 is 15.9 Å². The lowest BCUT2D eigenvalue weighted by Gasteiger charge is -2.14. The van der Waals surface area contributed by atoms with Crippen LogP contribution in [-0.2, 0) is 11.2 Å². The Morgan fingerprint density at radius 3 is 2.47 bits per heavy atom. The van der Waals surface area contributed by atoms with Crippen LogP contribution in [0.3, 0.4) is 0 Å². The van der Waals surface area contributed by atoms with Gasteiger partial charge in [-0.05, 0) is 34.5 Å². The van der Waals surface area contributed by atoms with Gasteiger partial charge >= 0.3 is 6.18 Å². The summed E-state index contributed by atoms with van der Waals surface area (Å²) in [4.78, 5) is 0. The van der Waals surface area contributed by atoms with Gasteiger partial charge in [0.1, 0.15) is 18.2 Å². The molecule has 0 saturated heterocycles. The summed E-state index contributed by atoms with van der Waals surface area (Å²) in [7, 11) is 0. The Hall–Kier alpha value is -0.730. The number of nitrogens with two attached hydrogens (primary N) is 1. The van der Waals surface area contributed by atoms with Crippen LogP contribution < -0.4 is 5.73 Å². The molecule has 8 heteroatoms. The van der Waals surface area contributed by atoms with E-state index in [1.165, 1.54) is 6.07 Å². The molecular weight excluding hydrogens is 337 g/mol. The van der Waals surface area contributed by atoms with E-state index in [1.54, 1.807) is 0 Å². The first-order valence-corrected chi connectivity index (χ1v) is 6.02. The molecule has 0 aliphatic carbocycles. The Morgan fingerprint density at radius 2 is 1.89 bits per heavy atom. The Kier molecular flexibility index (Phi) is 5.69. The first-order valence-electron chi connectivity index (χ1n) is 5.23. The van der Waals surface area contributed by atoms with Crippen LogP contribution in [-0.4, -0.2) is 25.4 Å². The third-order valence-electron chi connectivity index (χ3n) is 2.20. The van der Waals surface area contributed by atoms with Crippen LogP contribution in [0.5, 0.6) is 0 Å². The van der Waals surface area contributed by atoms with E-state index in [9.17, 15) is 22.0 Å². The van der Waals surface area contributed by atoms with Crippen molar-refractivity contribution in [1.82, 2.24) is 0 Å². The lowest BCUT2D eigenvalue weighted by Crippen LogP contribution is -2.31. The molecule has 0 radical (unpaired) electrons. The van der Waals surface area contributed by atoms with Gasteiger partial charge in [0.05, 0.1) is 11.1 Å². The van der Waals surface area contributed by atoms with Gasteiger partial charge in [-0.3, -0.25) is 0 Å². The van der Waals surface area contributed by atoms with E-state index in [1.807, 2.05) is 0 Å². The fraction of sp³-hybridized carbons (Fsp3) is 0.455. The smallest absolute Gasteiger partial charge is 0.370 e. The average molecular weight is 348 g/mol. The number of hydrogen-bond donors (Lipinski definition) is 1. The summed E-state index contributed by atoms with van der Waals surface area (Å²) in [5.74, 6) is -1.61. The van der Waals surface area contributed by atoms with Crippen molar-refractivity contribution in [3.63, 3.8) is 0 Å². The van der Waals surface area contributed by atoms with Gasteiger partial charge in [-0.1, -0.05) is 0 Å². The molecule has 0 aromatic heterocycles. The first kappa shape index (κ1) is 16.3. The van der Waals surface area contributed by atoms with Crippen molar-refractivity contribution < 1.29 is 26.7 Å². The lowest BCUT2D eigenvalue weighted by atomic mass is 10.1. The summed E-state index contributed by atoms with van der Waals surface area (Å²) in [6.45, 7) is -1.88. The van der Waals surface area contributed by atoms with Crippen molar-refractivity contribution in [2.75, 3.05) is 13.2 Å². The molecule has 0 spiro atoms. The van der Waals surface area contributed by atoms with Crippen molar-refractivity contribution in [2.45, 2.75) is 18.6 Å². The molecule has 0 bridgehead atoms. The van der Waals surface area contributed by atoms with Crippen molar-refractivity contribution in [1.29, 1.82) is 0 Å². The molecular formula is C11H11BrF5NO. The van der Waals surface area contributed by atoms with Gasteiger partial charge in [0.2, 0.25) is 0 Å². The van der Waals surface area contributed by atoms with Gasteiger partial charge in [0.25, 0.3) is 0 Å². The van der Waals surface area contributed by atoms with Crippen LogP contribution in [0, 0.1) is 11.6 Å². The second kappa shape index (κ2) is 6.62. The highest BCUT2D eigenvalue weighted by Crippen LogP contribution is 2.22.